The molecule has 0 heterocycles. The number of halogens is 2. The van der Waals surface area contributed by atoms with Gasteiger partial charge in [-0.05, 0) is 62.5 Å². The molecule has 2 aromatic carbocycles. The van der Waals surface area contributed by atoms with Crippen LogP contribution in [0.5, 0.6) is 11.5 Å². The van der Waals surface area contributed by atoms with E-state index in [1.165, 1.54) is 12.1 Å². The van der Waals surface area contributed by atoms with Crippen molar-refractivity contribution in [3.05, 3.63) is 60.5 Å². The van der Waals surface area contributed by atoms with Gasteiger partial charge in [-0.3, -0.25) is 14.9 Å². The van der Waals surface area contributed by atoms with Crippen LogP contribution in [0.3, 0.4) is 0 Å². The first-order chi connectivity index (χ1) is 9.92. The Morgan fingerprint density at radius 1 is 1.19 bits per heavy atom. The number of aryl methyl sites for hydroxylation is 1. The number of benzene rings is 2. The second kappa shape index (κ2) is 6.36. The van der Waals surface area contributed by atoms with Gasteiger partial charge in [0.2, 0.25) is 0 Å². The lowest BCUT2D eigenvalue weighted by Gasteiger charge is -2.11. The lowest BCUT2D eigenvalue weighted by atomic mass is 10.1. The van der Waals surface area contributed by atoms with Gasteiger partial charge in [0.05, 0.1) is 13.9 Å². The van der Waals surface area contributed by atoms with Crippen LogP contribution in [0, 0.1) is 17.0 Å². The predicted molar refractivity (Wildman–Crippen MR) is 85.1 cm³/mol. The lowest BCUT2D eigenvalue weighted by Crippen LogP contribution is -1.93. The second-order valence-corrected chi connectivity index (χ2v) is 5.94. The smallest absolute Gasteiger partial charge is 0.271 e. The highest BCUT2D eigenvalue weighted by Crippen LogP contribution is 2.39. The number of aldehydes is 1. The average Bonchev–Trinajstić information content (AvgIpc) is 2.42. The van der Waals surface area contributed by atoms with E-state index in [1.54, 1.807) is 25.1 Å². The molecule has 2 rings (SSSR count). The van der Waals surface area contributed by atoms with E-state index in [-0.39, 0.29) is 5.69 Å². The number of carbonyl (C=O) groups excluding carboxylic acids is 1. The zero-order valence-electron chi connectivity index (χ0n) is 10.8. The Hall–Kier alpha value is -1.73. The van der Waals surface area contributed by atoms with Crippen LogP contribution in [0.25, 0.3) is 0 Å². The summed E-state index contributed by atoms with van der Waals surface area (Å²) in [6.07, 6.45) is 0.775. The fraction of sp³-hybridized carbons (Fsp3) is 0.0714. The van der Waals surface area contributed by atoms with Crippen molar-refractivity contribution in [1.29, 1.82) is 0 Å². The van der Waals surface area contributed by atoms with Gasteiger partial charge >= 0.3 is 0 Å². The van der Waals surface area contributed by atoms with Crippen molar-refractivity contribution in [2.45, 2.75) is 6.92 Å². The van der Waals surface area contributed by atoms with Crippen LogP contribution in [-0.2, 0) is 0 Å². The molecule has 5 nitrogen and oxygen atoms in total. The predicted octanol–water partition coefficient (Wildman–Crippen LogP) is 5.03. The molecule has 108 valence electrons. The number of nitrogens with zero attached hydrogens (tertiary/aromatic N) is 1. The third kappa shape index (κ3) is 3.48. The van der Waals surface area contributed by atoms with Crippen molar-refractivity contribution in [3.8, 4) is 11.5 Å². The van der Waals surface area contributed by atoms with Gasteiger partial charge in [0.25, 0.3) is 5.69 Å². The molecule has 0 aliphatic carbocycles. The molecule has 0 bridgehead atoms. The second-order valence-electron chi connectivity index (χ2n) is 4.23. The number of carbonyl (C=O) groups is 1. The highest BCUT2D eigenvalue weighted by Gasteiger charge is 2.16. The highest BCUT2D eigenvalue weighted by molar-refractivity contribution is 9.11. The molecular formula is C14H9Br2NO4. The number of nitro groups is 1. The molecule has 0 unspecified atom stereocenters. The van der Waals surface area contributed by atoms with Crippen molar-refractivity contribution in [2.75, 3.05) is 0 Å². The summed E-state index contributed by atoms with van der Waals surface area (Å²) in [4.78, 5) is 21.1. The summed E-state index contributed by atoms with van der Waals surface area (Å²) in [5.41, 5.74) is 1.33. The summed E-state index contributed by atoms with van der Waals surface area (Å²) in [7, 11) is 0. The minimum absolute atomic E-state index is 0.0476. The molecule has 0 amide bonds. The summed E-state index contributed by atoms with van der Waals surface area (Å²) < 4.78 is 6.64. The summed E-state index contributed by atoms with van der Waals surface area (Å²) in [5, 5.41) is 10.8. The van der Waals surface area contributed by atoms with Gasteiger partial charge in [0.15, 0.2) is 5.75 Å². The number of hydrogen-bond donors (Lipinski definition) is 0. The van der Waals surface area contributed by atoms with Gasteiger partial charge in [0.1, 0.15) is 12.0 Å². The molecule has 21 heavy (non-hydrogen) atoms. The van der Waals surface area contributed by atoms with Gasteiger partial charge in [-0.1, -0.05) is 0 Å². The third-order valence-electron chi connectivity index (χ3n) is 2.78. The van der Waals surface area contributed by atoms with Crippen LogP contribution in [0.1, 0.15) is 15.9 Å². The summed E-state index contributed by atoms with van der Waals surface area (Å²) in [5.74, 6) is 0.965. The van der Waals surface area contributed by atoms with Crippen LogP contribution in [-0.4, -0.2) is 11.2 Å². The zero-order chi connectivity index (χ0) is 15.6. The van der Waals surface area contributed by atoms with Gasteiger partial charge in [-0.25, -0.2) is 0 Å². The van der Waals surface area contributed by atoms with E-state index in [0.717, 1.165) is 11.8 Å². The van der Waals surface area contributed by atoms with Crippen molar-refractivity contribution >= 4 is 43.8 Å². The van der Waals surface area contributed by atoms with Crippen molar-refractivity contribution in [3.63, 3.8) is 0 Å². The summed E-state index contributed by atoms with van der Waals surface area (Å²) in [6, 6.07) is 7.78. The van der Waals surface area contributed by atoms with E-state index >= 15 is 0 Å². The molecular weight excluding hydrogens is 406 g/mol. The van der Waals surface area contributed by atoms with Crippen LogP contribution < -0.4 is 4.74 Å². The maximum absolute atomic E-state index is 10.8. The molecule has 2 aromatic rings. The Kier molecular flexibility index (Phi) is 4.74. The molecule has 0 saturated heterocycles. The Morgan fingerprint density at radius 3 is 2.29 bits per heavy atom. The first-order valence-electron chi connectivity index (χ1n) is 5.79. The number of rotatable bonds is 4. The number of nitro benzene ring substituents is 1. The van der Waals surface area contributed by atoms with Crippen molar-refractivity contribution < 1.29 is 14.5 Å². The molecule has 0 aliphatic heterocycles. The van der Waals surface area contributed by atoms with E-state index in [0.29, 0.717) is 26.0 Å². The Labute approximate surface area is 137 Å². The number of non-ortho nitro benzene ring substituents is 1. The Bertz CT molecular complexity index is 708. The van der Waals surface area contributed by atoms with Crippen LogP contribution >= 0.6 is 31.9 Å². The van der Waals surface area contributed by atoms with Crippen LogP contribution in [0.4, 0.5) is 5.69 Å². The van der Waals surface area contributed by atoms with Crippen molar-refractivity contribution in [2.24, 2.45) is 0 Å². The molecule has 0 atom stereocenters. The average molecular weight is 415 g/mol. The number of ether oxygens (including phenoxy) is 1. The van der Waals surface area contributed by atoms with E-state index in [9.17, 15) is 14.9 Å². The molecule has 0 N–H and O–H groups in total. The minimum atomic E-state index is -0.484. The minimum Gasteiger partial charge on any atom is -0.455 e. The maximum atomic E-state index is 10.8. The van der Waals surface area contributed by atoms with E-state index in [4.69, 9.17) is 4.74 Å². The first-order valence-corrected chi connectivity index (χ1v) is 7.38. The van der Waals surface area contributed by atoms with Gasteiger partial charge < -0.3 is 4.74 Å². The van der Waals surface area contributed by atoms with Crippen LogP contribution in [0.2, 0.25) is 0 Å². The fourth-order valence-corrected chi connectivity index (χ4v) is 3.04. The summed E-state index contributed by atoms with van der Waals surface area (Å²) in [6.45, 7) is 1.80. The quantitative estimate of drug-likeness (QED) is 0.399. The molecule has 0 aliphatic rings. The first kappa shape index (κ1) is 15.7. The van der Waals surface area contributed by atoms with Crippen molar-refractivity contribution in [1.82, 2.24) is 0 Å². The monoisotopic (exact) mass is 413 g/mol. The maximum Gasteiger partial charge on any atom is 0.271 e. The van der Waals surface area contributed by atoms with Gasteiger partial charge in [0, 0.05) is 17.7 Å². The molecule has 0 spiro atoms. The Balaban J connectivity index is 2.38. The largest absolute Gasteiger partial charge is 0.455 e. The van der Waals surface area contributed by atoms with E-state index in [1.807, 2.05) is 0 Å². The standard InChI is InChI=1S/C14H9Br2NO4/c1-8-4-11(3-2-9(8)7-18)21-14-12(15)5-10(17(19)20)6-13(14)16/h2-7H,1H3. The summed E-state index contributed by atoms with van der Waals surface area (Å²) >= 11 is 6.51. The normalized spacial score (nSPS) is 10.2. The topological polar surface area (TPSA) is 69.4 Å². The van der Waals surface area contributed by atoms with E-state index in [2.05, 4.69) is 31.9 Å². The van der Waals surface area contributed by atoms with Gasteiger partial charge in [-0.15, -0.1) is 0 Å². The lowest BCUT2D eigenvalue weighted by molar-refractivity contribution is -0.385. The molecule has 0 aromatic heterocycles. The molecule has 7 heteroatoms. The molecule has 0 saturated carbocycles. The zero-order valence-corrected chi connectivity index (χ0v) is 14.0. The van der Waals surface area contributed by atoms with E-state index < -0.39 is 4.92 Å². The molecule has 0 radical (unpaired) electrons. The fourth-order valence-electron chi connectivity index (χ4n) is 1.71. The Morgan fingerprint density at radius 2 is 1.81 bits per heavy atom. The van der Waals surface area contributed by atoms with Gasteiger partial charge in [-0.2, -0.15) is 0 Å². The molecule has 0 fully saturated rings. The highest BCUT2D eigenvalue weighted by atomic mass is 79.9. The number of hydrogen-bond acceptors (Lipinski definition) is 4. The SMILES string of the molecule is Cc1cc(Oc2c(Br)cc([N+](=O)[O-])cc2Br)ccc1C=O. The van der Waals surface area contributed by atoms with Crippen LogP contribution in [0.15, 0.2) is 39.3 Å². The third-order valence-corrected chi connectivity index (χ3v) is 3.96.